The molecule has 2 aliphatic rings. The Morgan fingerprint density at radius 1 is 1.29 bits per heavy atom. The minimum absolute atomic E-state index is 0.0881. The molecule has 144 valence electrons. The number of sulfonamides is 1. The zero-order chi connectivity index (χ0) is 20.1. The first-order chi connectivity index (χ1) is 13.3. The van der Waals surface area contributed by atoms with Crippen LogP contribution in [0.25, 0.3) is 0 Å². The minimum atomic E-state index is -3.69. The van der Waals surface area contributed by atoms with Gasteiger partial charge in [-0.15, -0.1) is 0 Å². The smallest absolute Gasteiger partial charge is 0.271 e. The number of hydrogen-bond donors (Lipinski definition) is 1. The fourth-order valence-electron chi connectivity index (χ4n) is 3.41. The van der Waals surface area contributed by atoms with Crippen LogP contribution in [0.5, 0.6) is 0 Å². The van der Waals surface area contributed by atoms with Gasteiger partial charge < -0.3 is 4.90 Å². The summed E-state index contributed by atoms with van der Waals surface area (Å²) in [7, 11) is -3.69. The summed E-state index contributed by atoms with van der Waals surface area (Å²) < 4.78 is 26.7. The van der Waals surface area contributed by atoms with Gasteiger partial charge in [0, 0.05) is 24.2 Å². The lowest BCUT2D eigenvalue weighted by atomic mass is 10.1. The molecule has 0 aromatic heterocycles. The Labute approximate surface area is 160 Å². The van der Waals surface area contributed by atoms with Gasteiger partial charge in [-0.1, -0.05) is 18.2 Å². The number of carbonyl (C=O) groups is 1. The van der Waals surface area contributed by atoms with Crippen LogP contribution in [0.3, 0.4) is 0 Å². The van der Waals surface area contributed by atoms with Crippen molar-refractivity contribution in [1.29, 1.82) is 0 Å². The number of hydrogen-bond acceptors (Lipinski definition) is 6. The highest BCUT2D eigenvalue weighted by Crippen LogP contribution is 2.32. The predicted octanol–water partition coefficient (Wildman–Crippen LogP) is 1.61. The molecule has 2 aliphatic heterocycles. The summed E-state index contributed by atoms with van der Waals surface area (Å²) in [6.07, 6.45) is 0.595. The molecule has 9 nitrogen and oxygen atoms in total. The number of aliphatic imine (C=N–C) groups is 1. The summed E-state index contributed by atoms with van der Waals surface area (Å²) in [5.74, 6) is -0.231. The molecule has 0 radical (unpaired) electrons. The van der Waals surface area contributed by atoms with Crippen molar-refractivity contribution >= 4 is 33.1 Å². The molecule has 0 aliphatic carbocycles. The number of nitro groups is 1. The monoisotopic (exact) mass is 400 g/mol. The van der Waals surface area contributed by atoms with E-state index in [2.05, 4.69) is 9.71 Å². The number of nitrogens with zero attached hydrogens (tertiary/aromatic N) is 3. The molecule has 1 N–H and O–H groups in total. The van der Waals surface area contributed by atoms with Gasteiger partial charge in [0.2, 0.25) is 0 Å². The molecule has 0 unspecified atom stereocenters. The number of benzene rings is 2. The quantitative estimate of drug-likeness (QED) is 0.620. The molecule has 28 heavy (non-hydrogen) atoms. The van der Waals surface area contributed by atoms with E-state index in [1.165, 1.54) is 23.1 Å². The second-order valence-corrected chi connectivity index (χ2v) is 8.22. The van der Waals surface area contributed by atoms with Crippen LogP contribution in [-0.2, 0) is 21.2 Å². The standard InChI is InChI=1S/C18H16N4O5S/c1-11(19-17-14-4-2-3-5-16(14)28(26,27)20-17)18(23)21-9-8-12-6-7-13(22(24)25)10-15(12)21/h2-7,10-11H,8-9H2,1H3,(H,19,20)/t11-/m0/s1. The Bertz CT molecular complexity index is 1140. The Balaban J connectivity index is 1.64. The molecule has 10 heteroatoms. The first-order valence-corrected chi connectivity index (χ1v) is 10.0. The third-order valence-corrected chi connectivity index (χ3v) is 6.18. The fourth-order valence-corrected chi connectivity index (χ4v) is 4.65. The van der Waals surface area contributed by atoms with E-state index in [0.717, 1.165) is 5.56 Å². The van der Waals surface area contributed by atoms with Crippen LogP contribution in [0, 0.1) is 10.1 Å². The Hall–Kier alpha value is -3.27. The van der Waals surface area contributed by atoms with Crippen molar-refractivity contribution in [2.24, 2.45) is 4.99 Å². The molecule has 0 fully saturated rings. The summed E-state index contributed by atoms with van der Waals surface area (Å²) in [4.78, 5) is 29.3. The number of nitro benzene ring substituents is 1. The highest BCUT2D eigenvalue weighted by Gasteiger charge is 2.33. The number of carbonyl (C=O) groups excluding carboxylic acids is 1. The second-order valence-electron chi connectivity index (χ2n) is 6.57. The van der Waals surface area contributed by atoms with E-state index >= 15 is 0 Å². The van der Waals surface area contributed by atoms with Gasteiger partial charge in [0.15, 0.2) is 0 Å². The van der Waals surface area contributed by atoms with Gasteiger partial charge in [0.1, 0.15) is 11.9 Å². The molecular formula is C18H16N4O5S. The van der Waals surface area contributed by atoms with Gasteiger partial charge in [-0.05, 0) is 31.0 Å². The summed E-state index contributed by atoms with van der Waals surface area (Å²) in [5, 5.41) is 11.0. The van der Waals surface area contributed by atoms with Crippen molar-refractivity contribution in [2.75, 3.05) is 11.4 Å². The summed E-state index contributed by atoms with van der Waals surface area (Å²) >= 11 is 0. The minimum Gasteiger partial charge on any atom is -0.310 e. The van der Waals surface area contributed by atoms with E-state index in [0.29, 0.717) is 24.2 Å². The number of fused-ring (bicyclic) bond motifs is 2. The van der Waals surface area contributed by atoms with E-state index < -0.39 is 21.0 Å². The van der Waals surface area contributed by atoms with E-state index in [1.54, 1.807) is 31.2 Å². The lowest BCUT2D eigenvalue weighted by Gasteiger charge is -2.20. The van der Waals surface area contributed by atoms with Crippen LogP contribution in [-0.4, -0.2) is 37.7 Å². The maximum atomic E-state index is 12.9. The normalized spacial score (nSPS) is 19.0. The van der Waals surface area contributed by atoms with E-state index in [4.69, 9.17) is 0 Å². The molecule has 0 saturated carbocycles. The van der Waals surface area contributed by atoms with Crippen LogP contribution >= 0.6 is 0 Å². The maximum absolute atomic E-state index is 12.9. The van der Waals surface area contributed by atoms with Crippen LogP contribution < -0.4 is 9.62 Å². The Kier molecular flexibility index (Phi) is 4.15. The molecule has 1 atom stereocenters. The van der Waals surface area contributed by atoms with Crippen molar-refractivity contribution in [2.45, 2.75) is 24.3 Å². The average molecular weight is 400 g/mol. The summed E-state index contributed by atoms with van der Waals surface area (Å²) in [6.45, 7) is 1.97. The average Bonchev–Trinajstić information content (AvgIpc) is 3.19. The SMILES string of the molecule is C[C@H](N=C1NS(=O)(=O)c2ccccc21)C(=O)N1CCc2ccc([N+](=O)[O-])cc21. The molecular weight excluding hydrogens is 384 g/mol. The molecule has 0 spiro atoms. The molecule has 2 aromatic rings. The third kappa shape index (κ3) is 2.91. The second kappa shape index (κ2) is 6.41. The third-order valence-electron chi connectivity index (χ3n) is 4.78. The van der Waals surface area contributed by atoms with Gasteiger partial charge in [-0.3, -0.25) is 24.6 Å². The summed E-state index contributed by atoms with van der Waals surface area (Å²) in [5.41, 5.74) is 1.68. The van der Waals surface area contributed by atoms with Crippen LogP contribution in [0.1, 0.15) is 18.1 Å². The van der Waals surface area contributed by atoms with Crippen LogP contribution in [0.4, 0.5) is 11.4 Å². The zero-order valence-corrected chi connectivity index (χ0v) is 15.6. The van der Waals surface area contributed by atoms with Gasteiger partial charge >= 0.3 is 0 Å². The number of amides is 1. The number of rotatable bonds is 3. The number of nitrogens with one attached hydrogen (secondary N) is 1. The molecule has 1 amide bonds. The highest BCUT2D eigenvalue weighted by atomic mass is 32.2. The van der Waals surface area contributed by atoms with Crippen molar-refractivity contribution in [3.8, 4) is 0 Å². The van der Waals surface area contributed by atoms with Crippen molar-refractivity contribution in [1.82, 2.24) is 4.72 Å². The van der Waals surface area contributed by atoms with Crippen molar-refractivity contribution in [3.63, 3.8) is 0 Å². The topological polar surface area (TPSA) is 122 Å². The van der Waals surface area contributed by atoms with Crippen molar-refractivity contribution < 1.29 is 18.1 Å². The van der Waals surface area contributed by atoms with Gasteiger partial charge in [0.05, 0.1) is 15.5 Å². The lowest BCUT2D eigenvalue weighted by molar-refractivity contribution is -0.384. The molecule has 2 aromatic carbocycles. The number of anilines is 1. The Morgan fingerprint density at radius 2 is 2.04 bits per heavy atom. The fraction of sp³-hybridized carbons (Fsp3) is 0.222. The van der Waals surface area contributed by atoms with Crippen LogP contribution in [0.15, 0.2) is 52.4 Å². The number of non-ortho nitro benzene ring substituents is 1. The molecule has 0 saturated heterocycles. The lowest BCUT2D eigenvalue weighted by Crippen LogP contribution is -2.37. The van der Waals surface area contributed by atoms with Crippen molar-refractivity contribution in [3.05, 3.63) is 63.7 Å². The van der Waals surface area contributed by atoms with Gasteiger partial charge in [0.25, 0.3) is 21.6 Å². The number of amidine groups is 1. The largest absolute Gasteiger partial charge is 0.310 e. The molecule has 0 bridgehead atoms. The zero-order valence-electron chi connectivity index (χ0n) is 14.8. The predicted molar refractivity (Wildman–Crippen MR) is 102 cm³/mol. The van der Waals surface area contributed by atoms with E-state index in [1.807, 2.05) is 0 Å². The molecule has 2 heterocycles. The van der Waals surface area contributed by atoms with E-state index in [-0.39, 0.29) is 22.3 Å². The molecule has 4 rings (SSSR count). The summed E-state index contributed by atoms with van der Waals surface area (Å²) in [6, 6.07) is 9.99. The maximum Gasteiger partial charge on any atom is 0.271 e. The Morgan fingerprint density at radius 3 is 2.79 bits per heavy atom. The first kappa shape index (κ1) is 18.1. The van der Waals surface area contributed by atoms with Gasteiger partial charge in [-0.2, -0.15) is 0 Å². The first-order valence-electron chi connectivity index (χ1n) is 8.56. The highest BCUT2D eigenvalue weighted by molar-refractivity contribution is 7.90. The van der Waals surface area contributed by atoms with Gasteiger partial charge in [-0.25, -0.2) is 8.42 Å². The van der Waals surface area contributed by atoms with Crippen LogP contribution in [0.2, 0.25) is 0 Å². The van der Waals surface area contributed by atoms with E-state index in [9.17, 15) is 23.3 Å².